The van der Waals surface area contributed by atoms with Gasteiger partial charge >= 0.3 is 0 Å². The molecule has 0 radical (unpaired) electrons. The molecule has 0 amide bonds. The molecule has 1 N–H and O–H groups in total. The number of anilines is 1. The molecule has 2 aromatic heterocycles. The maximum absolute atomic E-state index is 11.9. The van der Waals surface area contributed by atoms with E-state index in [1.54, 1.807) is 22.9 Å². The normalized spacial score (nSPS) is 16.6. The van der Waals surface area contributed by atoms with Crippen molar-refractivity contribution in [2.45, 2.75) is 38.8 Å². The number of rotatable bonds is 5. The van der Waals surface area contributed by atoms with E-state index >= 15 is 0 Å². The molecule has 8 nitrogen and oxygen atoms in total. The molecular formula is C18H25N5O3S. The van der Waals surface area contributed by atoms with Gasteiger partial charge in [-0.05, 0) is 38.8 Å². The first-order valence-electron chi connectivity index (χ1n) is 9.01. The largest absolute Gasteiger partial charge is 0.351 e. The highest BCUT2D eigenvalue weighted by Crippen LogP contribution is 2.20. The number of pyridine rings is 1. The summed E-state index contributed by atoms with van der Waals surface area (Å²) in [4.78, 5) is 20.8. The van der Waals surface area contributed by atoms with Gasteiger partial charge in [0.15, 0.2) is 0 Å². The molecule has 1 aliphatic rings. The molecule has 0 atom stereocenters. The molecule has 1 fully saturated rings. The first kappa shape index (κ1) is 19.5. The number of aromatic nitrogens is 3. The van der Waals surface area contributed by atoms with Gasteiger partial charge in [-0.1, -0.05) is 0 Å². The number of sulfonamides is 1. The maximum atomic E-state index is 11.9. The van der Waals surface area contributed by atoms with Crippen molar-refractivity contribution < 1.29 is 8.42 Å². The molecule has 0 aromatic carbocycles. The fraction of sp³-hybridized carbons (Fsp3) is 0.500. The molecular weight excluding hydrogens is 366 g/mol. The molecule has 1 saturated heterocycles. The molecule has 1 aliphatic heterocycles. The van der Waals surface area contributed by atoms with Gasteiger partial charge in [0.25, 0.3) is 5.56 Å². The van der Waals surface area contributed by atoms with Crippen molar-refractivity contribution in [1.29, 1.82) is 0 Å². The highest BCUT2D eigenvalue weighted by atomic mass is 32.2. The molecule has 0 unspecified atom stereocenters. The summed E-state index contributed by atoms with van der Waals surface area (Å²) >= 11 is 0. The Labute approximate surface area is 159 Å². The van der Waals surface area contributed by atoms with Gasteiger partial charge in [-0.3, -0.25) is 4.79 Å². The lowest BCUT2D eigenvalue weighted by Gasteiger charge is -2.30. The van der Waals surface area contributed by atoms with Crippen molar-refractivity contribution in [3.63, 3.8) is 0 Å². The molecule has 2 aromatic rings. The molecule has 3 rings (SSSR count). The van der Waals surface area contributed by atoms with E-state index in [4.69, 9.17) is 0 Å². The van der Waals surface area contributed by atoms with Crippen LogP contribution < -0.4 is 10.9 Å². The lowest BCUT2D eigenvalue weighted by Crippen LogP contribution is -2.42. The predicted octanol–water partition coefficient (Wildman–Crippen LogP) is 1.72. The lowest BCUT2D eigenvalue weighted by atomic mass is 10.1. The Bertz CT molecular complexity index is 963. The Hall–Kier alpha value is -2.26. The monoisotopic (exact) mass is 391 g/mol. The second-order valence-electron chi connectivity index (χ2n) is 7.10. The average molecular weight is 391 g/mol. The summed E-state index contributed by atoms with van der Waals surface area (Å²) in [7, 11) is -3.13. The standard InChI is InChI=1S/C18H25N5O3S/c1-13(2)23-12-14(4-5-17(23)24)16-6-9-19-18(21-16)20-15-7-10-22(11-8-15)27(3,25)26/h4-6,9,12-13,15H,7-8,10-11H2,1-3H3,(H,19,20,21). The van der Waals surface area contributed by atoms with Crippen molar-refractivity contribution >= 4 is 16.0 Å². The minimum Gasteiger partial charge on any atom is -0.351 e. The number of hydrogen-bond donors (Lipinski definition) is 1. The Balaban J connectivity index is 1.74. The second kappa shape index (κ2) is 7.77. The predicted molar refractivity (Wildman–Crippen MR) is 105 cm³/mol. The van der Waals surface area contributed by atoms with Crippen LogP contribution >= 0.6 is 0 Å². The zero-order valence-electron chi connectivity index (χ0n) is 15.8. The van der Waals surface area contributed by atoms with Gasteiger partial charge in [0, 0.05) is 49.2 Å². The Morgan fingerprint density at radius 3 is 2.52 bits per heavy atom. The van der Waals surface area contributed by atoms with E-state index in [0.717, 1.165) is 11.3 Å². The molecule has 0 spiro atoms. The van der Waals surface area contributed by atoms with Gasteiger partial charge in [-0.25, -0.2) is 22.7 Å². The second-order valence-corrected chi connectivity index (χ2v) is 9.09. The highest BCUT2D eigenvalue weighted by molar-refractivity contribution is 7.88. The van der Waals surface area contributed by atoms with Crippen LogP contribution in [-0.4, -0.2) is 52.6 Å². The van der Waals surface area contributed by atoms with E-state index in [1.807, 2.05) is 26.1 Å². The minimum atomic E-state index is -3.13. The zero-order chi connectivity index (χ0) is 19.6. The Morgan fingerprint density at radius 1 is 1.19 bits per heavy atom. The first-order valence-corrected chi connectivity index (χ1v) is 10.9. The van der Waals surface area contributed by atoms with E-state index in [-0.39, 0.29) is 17.6 Å². The van der Waals surface area contributed by atoms with E-state index in [1.165, 1.54) is 10.6 Å². The number of nitrogens with one attached hydrogen (secondary N) is 1. The number of nitrogens with zero attached hydrogens (tertiary/aromatic N) is 4. The topological polar surface area (TPSA) is 97.2 Å². The average Bonchev–Trinajstić information content (AvgIpc) is 2.62. The smallest absolute Gasteiger partial charge is 0.250 e. The van der Waals surface area contributed by atoms with E-state index in [0.29, 0.717) is 31.9 Å². The van der Waals surface area contributed by atoms with Crippen LogP contribution in [0.4, 0.5) is 5.95 Å². The third-order valence-corrected chi connectivity index (χ3v) is 6.01. The third kappa shape index (κ3) is 4.72. The molecule has 0 bridgehead atoms. The summed E-state index contributed by atoms with van der Waals surface area (Å²) in [5, 5.41) is 3.30. The van der Waals surface area contributed by atoms with Gasteiger partial charge in [0.2, 0.25) is 16.0 Å². The van der Waals surface area contributed by atoms with Crippen molar-refractivity contribution in [2.75, 3.05) is 24.7 Å². The van der Waals surface area contributed by atoms with Gasteiger partial charge < -0.3 is 9.88 Å². The molecule has 146 valence electrons. The van der Waals surface area contributed by atoms with E-state index in [2.05, 4.69) is 15.3 Å². The lowest BCUT2D eigenvalue weighted by molar-refractivity contribution is 0.331. The minimum absolute atomic E-state index is 0.0428. The fourth-order valence-corrected chi connectivity index (χ4v) is 4.04. The van der Waals surface area contributed by atoms with Crippen molar-refractivity contribution in [2.24, 2.45) is 0 Å². The molecule has 27 heavy (non-hydrogen) atoms. The number of hydrogen-bond acceptors (Lipinski definition) is 6. The Morgan fingerprint density at radius 2 is 1.89 bits per heavy atom. The van der Waals surface area contributed by atoms with Gasteiger partial charge in [0.05, 0.1) is 11.9 Å². The van der Waals surface area contributed by atoms with Crippen molar-refractivity contribution in [1.82, 2.24) is 18.8 Å². The molecule has 0 aliphatic carbocycles. The van der Waals surface area contributed by atoms with Crippen LogP contribution in [0.2, 0.25) is 0 Å². The summed E-state index contributed by atoms with van der Waals surface area (Å²) in [6.07, 6.45) is 6.15. The van der Waals surface area contributed by atoms with E-state index < -0.39 is 10.0 Å². The van der Waals surface area contributed by atoms with Crippen LogP contribution in [0.3, 0.4) is 0 Å². The van der Waals surface area contributed by atoms with Crippen molar-refractivity contribution in [3.8, 4) is 11.3 Å². The molecule has 3 heterocycles. The molecule has 9 heteroatoms. The summed E-state index contributed by atoms with van der Waals surface area (Å²) in [6.45, 7) is 4.91. The summed E-state index contributed by atoms with van der Waals surface area (Å²) < 4.78 is 26.4. The Kier molecular flexibility index (Phi) is 5.61. The van der Waals surface area contributed by atoms with Gasteiger partial charge in [-0.15, -0.1) is 0 Å². The quantitative estimate of drug-likeness (QED) is 0.834. The van der Waals surface area contributed by atoms with Crippen LogP contribution in [0.25, 0.3) is 11.3 Å². The van der Waals surface area contributed by atoms with Gasteiger partial charge in [0.1, 0.15) is 0 Å². The fourth-order valence-electron chi connectivity index (χ4n) is 3.16. The SMILES string of the molecule is CC(C)n1cc(-c2ccnc(NC3CCN(S(C)(=O)=O)CC3)n2)ccc1=O. The van der Waals surface area contributed by atoms with Crippen LogP contribution in [0, 0.1) is 0 Å². The zero-order valence-corrected chi connectivity index (χ0v) is 16.6. The van der Waals surface area contributed by atoms with E-state index in [9.17, 15) is 13.2 Å². The van der Waals surface area contributed by atoms with Crippen LogP contribution in [0.5, 0.6) is 0 Å². The van der Waals surface area contributed by atoms with Gasteiger partial charge in [-0.2, -0.15) is 0 Å². The highest BCUT2D eigenvalue weighted by Gasteiger charge is 2.25. The summed E-state index contributed by atoms with van der Waals surface area (Å²) in [6, 6.07) is 5.31. The third-order valence-electron chi connectivity index (χ3n) is 4.70. The van der Waals surface area contributed by atoms with Crippen molar-refractivity contribution in [3.05, 3.63) is 40.9 Å². The van der Waals surface area contributed by atoms with Crippen LogP contribution in [0.1, 0.15) is 32.7 Å². The van der Waals surface area contributed by atoms with Crippen LogP contribution in [-0.2, 0) is 10.0 Å². The van der Waals surface area contributed by atoms with Crippen LogP contribution in [0.15, 0.2) is 35.4 Å². The number of piperidine rings is 1. The maximum Gasteiger partial charge on any atom is 0.250 e. The first-order chi connectivity index (χ1) is 12.7. The summed E-state index contributed by atoms with van der Waals surface area (Å²) in [5.41, 5.74) is 1.54. The molecule has 0 saturated carbocycles. The summed E-state index contributed by atoms with van der Waals surface area (Å²) in [5.74, 6) is 0.507.